The van der Waals surface area contributed by atoms with Crippen molar-refractivity contribution in [3.8, 4) is 0 Å². The lowest BCUT2D eigenvalue weighted by Gasteiger charge is -2.27. The molecule has 0 saturated heterocycles. The van der Waals surface area contributed by atoms with Gasteiger partial charge < -0.3 is 5.32 Å². The molecule has 0 spiro atoms. The Balaban J connectivity index is 1.96. The number of hydrogen-bond acceptors (Lipinski definition) is 2. The van der Waals surface area contributed by atoms with Crippen LogP contribution in [0.1, 0.15) is 36.9 Å². The van der Waals surface area contributed by atoms with Crippen LogP contribution < -0.4 is 5.32 Å². The molecule has 1 aromatic heterocycles. The van der Waals surface area contributed by atoms with Gasteiger partial charge in [0.1, 0.15) is 0 Å². The highest BCUT2D eigenvalue weighted by atomic mass is 15.2. The molecule has 3 heteroatoms. The van der Waals surface area contributed by atoms with Gasteiger partial charge in [-0.15, -0.1) is 0 Å². The second-order valence-electron chi connectivity index (χ2n) is 5.46. The van der Waals surface area contributed by atoms with E-state index >= 15 is 0 Å². The first-order valence-electron chi connectivity index (χ1n) is 7.04. The monoisotopic (exact) mass is 255 g/mol. The summed E-state index contributed by atoms with van der Waals surface area (Å²) in [5.74, 6) is 0. The molecule has 1 N–H and O–H groups in total. The fraction of sp³-hybridized carbons (Fsp3) is 0.438. The van der Waals surface area contributed by atoms with Crippen LogP contribution in [-0.2, 0) is 12.5 Å². The predicted molar refractivity (Wildman–Crippen MR) is 77.0 cm³/mol. The zero-order valence-electron chi connectivity index (χ0n) is 11.6. The number of likely N-dealkylation sites (N-methyl/N-ethyl adjacent to an activating group) is 1. The molecule has 1 atom stereocenters. The molecule has 3 rings (SSSR count). The van der Waals surface area contributed by atoms with Crippen molar-refractivity contribution in [1.82, 2.24) is 15.1 Å². The summed E-state index contributed by atoms with van der Waals surface area (Å²) in [7, 11) is 1.98. The van der Waals surface area contributed by atoms with Gasteiger partial charge in [-0.2, -0.15) is 5.10 Å². The van der Waals surface area contributed by atoms with Crippen LogP contribution in [0.3, 0.4) is 0 Å². The third kappa shape index (κ3) is 2.19. The average molecular weight is 255 g/mol. The van der Waals surface area contributed by atoms with Crippen LogP contribution in [0.25, 0.3) is 0 Å². The van der Waals surface area contributed by atoms with E-state index in [1.54, 1.807) is 0 Å². The van der Waals surface area contributed by atoms with Gasteiger partial charge in [-0.25, -0.2) is 0 Å². The second kappa shape index (κ2) is 4.82. The van der Waals surface area contributed by atoms with Crippen LogP contribution in [0.2, 0.25) is 0 Å². The molecule has 19 heavy (non-hydrogen) atoms. The Morgan fingerprint density at radius 3 is 2.58 bits per heavy atom. The Morgan fingerprint density at radius 2 is 2.05 bits per heavy atom. The lowest BCUT2D eigenvalue weighted by Crippen LogP contribution is -2.31. The van der Waals surface area contributed by atoms with Gasteiger partial charge in [-0.05, 0) is 24.9 Å². The van der Waals surface area contributed by atoms with Crippen molar-refractivity contribution in [1.29, 1.82) is 0 Å². The largest absolute Gasteiger partial charge is 0.309 e. The standard InChI is InChI=1S/C16H21N3/c1-3-17-15(13-11-18-19(2)12-13)16(9-10-16)14-7-5-4-6-8-14/h4-8,11-12,15,17H,3,9-10H2,1-2H3. The Kier molecular flexibility index (Phi) is 3.15. The minimum Gasteiger partial charge on any atom is -0.309 e. The van der Waals surface area contributed by atoms with Gasteiger partial charge in [-0.3, -0.25) is 4.68 Å². The highest BCUT2D eigenvalue weighted by Crippen LogP contribution is 2.56. The van der Waals surface area contributed by atoms with E-state index in [9.17, 15) is 0 Å². The molecule has 1 fully saturated rings. The summed E-state index contributed by atoms with van der Waals surface area (Å²) < 4.78 is 1.89. The van der Waals surface area contributed by atoms with Crippen LogP contribution in [0.5, 0.6) is 0 Å². The molecule has 0 bridgehead atoms. The summed E-state index contributed by atoms with van der Waals surface area (Å²) in [6, 6.07) is 11.3. The fourth-order valence-corrected chi connectivity index (χ4v) is 3.07. The summed E-state index contributed by atoms with van der Waals surface area (Å²) in [5, 5.41) is 7.99. The molecule has 1 unspecified atom stereocenters. The van der Waals surface area contributed by atoms with Crippen molar-refractivity contribution in [2.24, 2.45) is 7.05 Å². The van der Waals surface area contributed by atoms with E-state index in [0.29, 0.717) is 6.04 Å². The Hall–Kier alpha value is -1.61. The summed E-state index contributed by atoms with van der Waals surface area (Å²) in [6.45, 7) is 3.15. The third-order valence-electron chi connectivity index (χ3n) is 4.16. The molecule has 0 radical (unpaired) electrons. The zero-order chi connectivity index (χ0) is 13.3. The first-order chi connectivity index (χ1) is 9.26. The normalized spacial score (nSPS) is 18.2. The molecule has 1 saturated carbocycles. The Bertz CT molecular complexity index is 540. The van der Waals surface area contributed by atoms with Gasteiger partial charge >= 0.3 is 0 Å². The van der Waals surface area contributed by atoms with E-state index in [2.05, 4.69) is 53.9 Å². The maximum atomic E-state index is 4.33. The van der Waals surface area contributed by atoms with Gasteiger partial charge in [0.2, 0.25) is 0 Å². The quantitative estimate of drug-likeness (QED) is 0.890. The van der Waals surface area contributed by atoms with Crippen molar-refractivity contribution in [2.45, 2.75) is 31.2 Å². The number of benzene rings is 1. The molecule has 1 aromatic carbocycles. The molecule has 2 aromatic rings. The fourth-order valence-electron chi connectivity index (χ4n) is 3.07. The predicted octanol–water partition coefficient (Wildman–Crippen LogP) is 2.80. The van der Waals surface area contributed by atoms with E-state index in [0.717, 1.165) is 6.54 Å². The number of hydrogen-bond donors (Lipinski definition) is 1. The maximum absolute atomic E-state index is 4.33. The highest BCUT2D eigenvalue weighted by molar-refractivity contribution is 5.37. The minimum absolute atomic E-state index is 0.264. The maximum Gasteiger partial charge on any atom is 0.0537 e. The highest BCUT2D eigenvalue weighted by Gasteiger charge is 2.51. The van der Waals surface area contributed by atoms with E-state index < -0.39 is 0 Å². The van der Waals surface area contributed by atoms with Gasteiger partial charge in [0.25, 0.3) is 0 Å². The summed E-state index contributed by atoms with van der Waals surface area (Å²) >= 11 is 0. The molecule has 1 heterocycles. The van der Waals surface area contributed by atoms with Crippen molar-refractivity contribution in [3.63, 3.8) is 0 Å². The van der Waals surface area contributed by atoms with E-state index in [1.807, 2.05) is 17.9 Å². The first-order valence-corrected chi connectivity index (χ1v) is 7.04. The molecular formula is C16H21N3. The van der Waals surface area contributed by atoms with Crippen LogP contribution in [0, 0.1) is 0 Å². The Morgan fingerprint density at radius 1 is 1.32 bits per heavy atom. The van der Waals surface area contributed by atoms with Crippen molar-refractivity contribution >= 4 is 0 Å². The molecular weight excluding hydrogens is 234 g/mol. The van der Waals surface area contributed by atoms with Crippen molar-refractivity contribution in [2.75, 3.05) is 6.54 Å². The number of aromatic nitrogens is 2. The molecule has 3 nitrogen and oxygen atoms in total. The SMILES string of the molecule is CCNC(c1cnn(C)c1)C1(c2ccccc2)CC1. The van der Waals surface area contributed by atoms with Crippen LogP contribution in [-0.4, -0.2) is 16.3 Å². The summed E-state index contributed by atoms with van der Waals surface area (Å²) in [5.41, 5.74) is 3.01. The van der Waals surface area contributed by atoms with Gasteiger partial charge in [-0.1, -0.05) is 37.3 Å². The van der Waals surface area contributed by atoms with E-state index in [1.165, 1.54) is 24.0 Å². The lowest BCUT2D eigenvalue weighted by molar-refractivity contribution is 0.439. The average Bonchev–Trinajstić information content (AvgIpc) is 3.14. The van der Waals surface area contributed by atoms with Gasteiger partial charge in [0, 0.05) is 30.3 Å². The molecule has 1 aliphatic carbocycles. The molecule has 100 valence electrons. The molecule has 0 aliphatic heterocycles. The van der Waals surface area contributed by atoms with Gasteiger partial charge in [0.05, 0.1) is 6.20 Å². The van der Waals surface area contributed by atoms with E-state index in [4.69, 9.17) is 0 Å². The lowest BCUT2D eigenvalue weighted by atomic mass is 9.85. The van der Waals surface area contributed by atoms with Crippen LogP contribution >= 0.6 is 0 Å². The topological polar surface area (TPSA) is 29.9 Å². The third-order valence-corrected chi connectivity index (χ3v) is 4.16. The molecule has 0 amide bonds. The Labute approximate surface area is 114 Å². The van der Waals surface area contributed by atoms with E-state index in [-0.39, 0.29) is 5.41 Å². The first kappa shape index (κ1) is 12.4. The number of aryl methyl sites for hydroxylation is 1. The summed E-state index contributed by atoms with van der Waals surface area (Å²) in [4.78, 5) is 0. The minimum atomic E-state index is 0.264. The van der Waals surface area contributed by atoms with Crippen molar-refractivity contribution < 1.29 is 0 Å². The second-order valence-corrected chi connectivity index (χ2v) is 5.46. The molecule has 1 aliphatic rings. The van der Waals surface area contributed by atoms with Crippen LogP contribution in [0.15, 0.2) is 42.7 Å². The zero-order valence-corrected chi connectivity index (χ0v) is 11.6. The van der Waals surface area contributed by atoms with Crippen LogP contribution in [0.4, 0.5) is 0 Å². The number of nitrogens with one attached hydrogen (secondary N) is 1. The number of rotatable bonds is 5. The van der Waals surface area contributed by atoms with Gasteiger partial charge in [0.15, 0.2) is 0 Å². The van der Waals surface area contributed by atoms with Crippen molar-refractivity contribution in [3.05, 3.63) is 53.9 Å². The summed E-state index contributed by atoms with van der Waals surface area (Å²) in [6.07, 6.45) is 6.64. The number of nitrogens with zero attached hydrogens (tertiary/aromatic N) is 2. The smallest absolute Gasteiger partial charge is 0.0537 e.